The van der Waals surface area contributed by atoms with Crippen LogP contribution in [-0.2, 0) is 4.79 Å². The molecule has 4 nitrogen and oxygen atoms in total. The number of aromatic nitrogens is 1. The molecule has 3 aromatic rings. The van der Waals surface area contributed by atoms with Crippen molar-refractivity contribution in [3.63, 3.8) is 0 Å². The molecule has 2 aromatic carbocycles. The second-order valence-corrected chi connectivity index (χ2v) is 5.94. The fraction of sp³-hybridized carbons (Fsp3) is 0.211. The summed E-state index contributed by atoms with van der Waals surface area (Å²) in [5.74, 6) is 1.29. The minimum atomic E-state index is 0.141. The van der Waals surface area contributed by atoms with Gasteiger partial charge in [-0.05, 0) is 29.3 Å². The summed E-state index contributed by atoms with van der Waals surface area (Å²) in [4.78, 5) is 14.7. The standard InChI is InChI=1S/C19H18N2O2/c1-23-15-6-7-18-16(9-15)17(11-20-18)13-4-2-12(3-5-13)14-8-19(22)21-10-14/h2-7,9,11,14,20H,8,10H2,1H3,(H,21,22). The number of hydrogen-bond donors (Lipinski definition) is 2. The predicted octanol–water partition coefficient (Wildman–Crippen LogP) is 3.45. The van der Waals surface area contributed by atoms with Gasteiger partial charge in [-0.15, -0.1) is 0 Å². The van der Waals surface area contributed by atoms with Crippen molar-refractivity contribution in [1.29, 1.82) is 0 Å². The molecule has 1 saturated heterocycles. The molecule has 0 aliphatic carbocycles. The van der Waals surface area contributed by atoms with E-state index in [1.54, 1.807) is 7.11 Å². The zero-order valence-corrected chi connectivity index (χ0v) is 12.9. The van der Waals surface area contributed by atoms with E-state index >= 15 is 0 Å². The second kappa shape index (κ2) is 5.47. The highest BCUT2D eigenvalue weighted by Gasteiger charge is 2.22. The third-order valence-electron chi connectivity index (χ3n) is 4.56. The summed E-state index contributed by atoms with van der Waals surface area (Å²) in [5, 5.41) is 4.04. The van der Waals surface area contributed by atoms with Gasteiger partial charge in [-0.3, -0.25) is 4.79 Å². The van der Waals surface area contributed by atoms with Crippen LogP contribution in [0, 0.1) is 0 Å². The number of ether oxygens (including phenoxy) is 1. The molecule has 0 spiro atoms. The van der Waals surface area contributed by atoms with Crippen molar-refractivity contribution >= 4 is 16.8 Å². The number of methoxy groups -OCH3 is 1. The minimum Gasteiger partial charge on any atom is -0.497 e. The van der Waals surface area contributed by atoms with Crippen LogP contribution in [-0.4, -0.2) is 24.5 Å². The highest BCUT2D eigenvalue weighted by atomic mass is 16.5. The Morgan fingerprint density at radius 1 is 1.13 bits per heavy atom. The molecule has 116 valence electrons. The largest absolute Gasteiger partial charge is 0.497 e. The molecular formula is C19H18N2O2. The number of amides is 1. The quantitative estimate of drug-likeness (QED) is 0.779. The summed E-state index contributed by atoms with van der Waals surface area (Å²) < 4.78 is 5.33. The van der Waals surface area contributed by atoms with Crippen molar-refractivity contribution in [2.75, 3.05) is 13.7 Å². The van der Waals surface area contributed by atoms with E-state index < -0.39 is 0 Å². The number of nitrogens with one attached hydrogen (secondary N) is 2. The Kier molecular flexibility index (Phi) is 3.30. The predicted molar refractivity (Wildman–Crippen MR) is 90.7 cm³/mol. The van der Waals surface area contributed by atoms with Crippen molar-refractivity contribution < 1.29 is 9.53 Å². The van der Waals surface area contributed by atoms with Crippen LogP contribution in [0.25, 0.3) is 22.0 Å². The molecule has 1 aliphatic rings. The maximum Gasteiger partial charge on any atom is 0.220 e. The number of hydrogen-bond acceptors (Lipinski definition) is 2. The smallest absolute Gasteiger partial charge is 0.220 e. The molecule has 23 heavy (non-hydrogen) atoms. The van der Waals surface area contributed by atoms with Crippen LogP contribution in [0.5, 0.6) is 5.75 Å². The molecule has 4 heteroatoms. The fourth-order valence-corrected chi connectivity index (χ4v) is 3.24. The molecule has 4 rings (SSSR count). The first-order chi connectivity index (χ1) is 11.2. The summed E-state index contributed by atoms with van der Waals surface area (Å²) in [7, 11) is 1.68. The Labute approximate surface area is 134 Å². The lowest BCUT2D eigenvalue weighted by Gasteiger charge is -2.09. The Morgan fingerprint density at radius 2 is 1.96 bits per heavy atom. The van der Waals surface area contributed by atoms with E-state index in [2.05, 4.69) is 40.6 Å². The summed E-state index contributed by atoms with van der Waals surface area (Å²) in [6, 6.07) is 14.5. The van der Waals surface area contributed by atoms with E-state index in [1.807, 2.05) is 18.3 Å². The molecule has 1 aliphatic heterocycles. The van der Waals surface area contributed by atoms with E-state index in [-0.39, 0.29) is 5.91 Å². The van der Waals surface area contributed by atoms with Crippen LogP contribution in [0.4, 0.5) is 0 Å². The average Bonchev–Trinajstić information content (AvgIpc) is 3.20. The van der Waals surface area contributed by atoms with E-state index in [1.165, 1.54) is 5.56 Å². The van der Waals surface area contributed by atoms with Gasteiger partial charge in [0, 0.05) is 41.5 Å². The lowest BCUT2D eigenvalue weighted by molar-refractivity contribution is -0.119. The molecule has 1 unspecified atom stereocenters. The van der Waals surface area contributed by atoms with E-state index in [9.17, 15) is 4.79 Å². The highest BCUT2D eigenvalue weighted by Crippen LogP contribution is 2.32. The minimum absolute atomic E-state index is 0.141. The second-order valence-electron chi connectivity index (χ2n) is 5.94. The first-order valence-electron chi connectivity index (χ1n) is 7.77. The van der Waals surface area contributed by atoms with Crippen LogP contribution >= 0.6 is 0 Å². The molecule has 1 fully saturated rings. The normalized spacial score (nSPS) is 17.4. The number of rotatable bonds is 3. The number of aromatic amines is 1. The third kappa shape index (κ3) is 2.46. The SMILES string of the molecule is COc1ccc2[nH]cc(-c3ccc(C4CNC(=O)C4)cc3)c2c1. The topological polar surface area (TPSA) is 54.1 Å². The molecule has 1 aromatic heterocycles. The molecule has 1 amide bonds. The summed E-state index contributed by atoms with van der Waals surface area (Å²) in [6.45, 7) is 0.739. The van der Waals surface area contributed by atoms with Gasteiger partial charge in [-0.25, -0.2) is 0 Å². The van der Waals surface area contributed by atoms with Gasteiger partial charge in [0.05, 0.1) is 7.11 Å². The lowest BCUT2D eigenvalue weighted by atomic mass is 9.95. The van der Waals surface area contributed by atoms with Gasteiger partial charge >= 0.3 is 0 Å². The van der Waals surface area contributed by atoms with Gasteiger partial charge < -0.3 is 15.0 Å². The zero-order valence-electron chi connectivity index (χ0n) is 12.9. The zero-order chi connectivity index (χ0) is 15.8. The monoisotopic (exact) mass is 306 g/mol. The van der Waals surface area contributed by atoms with Gasteiger partial charge in [-0.2, -0.15) is 0 Å². The average molecular weight is 306 g/mol. The Hall–Kier alpha value is -2.75. The number of carbonyl (C=O) groups is 1. The fourth-order valence-electron chi connectivity index (χ4n) is 3.24. The van der Waals surface area contributed by atoms with Gasteiger partial charge in [-0.1, -0.05) is 24.3 Å². The van der Waals surface area contributed by atoms with Crippen LogP contribution in [0.15, 0.2) is 48.7 Å². The van der Waals surface area contributed by atoms with Gasteiger partial charge in [0.2, 0.25) is 5.91 Å². The molecule has 0 saturated carbocycles. The Morgan fingerprint density at radius 3 is 2.65 bits per heavy atom. The van der Waals surface area contributed by atoms with Gasteiger partial charge in [0.25, 0.3) is 0 Å². The van der Waals surface area contributed by atoms with E-state index in [0.29, 0.717) is 12.3 Å². The maximum absolute atomic E-state index is 11.4. The molecule has 2 N–H and O–H groups in total. The third-order valence-corrected chi connectivity index (χ3v) is 4.56. The summed E-state index contributed by atoms with van der Waals surface area (Å²) >= 11 is 0. The first kappa shape index (κ1) is 13.9. The van der Waals surface area contributed by atoms with Crippen molar-refractivity contribution in [3.05, 3.63) is 54.2 Å². The van der Waals surface area contributed by atoms with E-state index in [4.69, 9.17) is 4.74 Å². The van der Waals surface area contributed by atoms with Gasteiger partial charge in [0.1, 0.15) is 5.75 Å². The van der Waals surface area contributed by atoms with Crippen LogP contribution in [0.2, 0.25) is 0 Å². The molecular weight excluding hydrogens is 288 g/mol. The maximum atomic E-state index is 11.4. The van der Waals surface area contributed by atoms with Crippen molar-refractivity contribution in [2.45, 2.75) is 12.3 Å². The number of fused-ring (bicyclic) bond motifs is 1. The van der Waals surface area contributed by atoms with Gasteiger partial charge in [0.15, 0.2) is 0 Å². The number of benzene rings is 2. The summed E-state index contributed by atoms with van der Waals surface area (Å²) in [6.07, 6.45) is 2.61. The number of H-pyrrole nitrogens is 1. The van der Waals surface area contributed by atoms with Crippen LogP contribution in [0.1, 0.15) is 17.9 Å². The Balaban J connectivity index is 1.69. The van der Waals surface area contributed by atoms with Crippen LogP contribution in [0.3, 0.4) is 0 Å². The first-order valence-corrected chi connectivity index (χ1v) is 7.77. The molecule has 1 atom stereocenters. The number of carbonyl (C=O) groups excluding carboxylic acids is 1. The molecule has 0 bridgehead atoms. The highest BCUT2D eigenvalue weighted by molar-refractivity contribution is 5.96. The van der Waals surface area contributed by atoms with Crippen molar-refractivity contribution in [3.8, 4) is 16.9 Å². The lowest BCUT2D eigenvalue weighted by Crippen LogP contribution is -2.13. The molecule has 2 heterocycles. The van der Waals surface area contributed by atoms with Crippen molar-refractivity contribution in [2.24, 2.45) is 0 Å². The molecule has 0 radical (unpaired) electrons. The van der Waals surface area contributed by atoms with E-state index in [0.717, 1.165) is 34.3 Å². The summed E-state index contributed by atoms with van der Waals surface area (Å²) in [5.41, 5.74) is 4.62. The Bertz CT molecular complexity index is 865. The van der Waals surface area contributed by atoms with Crippen LogP contribution < -0.4 is 10.1 Å². The van der Waals surface area contributed by atoms with Crippen molar-refractivity contribution in [1.82, 2.24) is 10.3 Å².